The number of alkyl halides is 1. The number of carbonyl (C=O) groups excluding carboxylic acids is 1. The Bertz CT molecular complexity index is 410. The second kappa shape index (κ2) is 4.57. The van der Waals surface area contributed by atoms with Gasteiger partial charge in [0.1, 0.15) is 0 Å². The van der Waals surface area contributed by atoms with Gasteiger partial charge in [0, 0.05) is 5.56 Å². The first-order valence-corrected chi connectivity index (χ1v) is 5.38. The third-order valence-corrected chi connectivity index (χ3v) is 2.53. The van der Waals surface area contributed by atoms with Crippen molar-refractivity contribution in [3.05, 3.63) is 34.9 Å². The van der Waals surface area contributed by atoms with Crippen molar-refractivity contribution < 1.29 is 14.7 Å². The lowest BCUT2D eigenvalue weighted by atomic mass is 9.97. The molecule has 1 aromatic rings. The lowest BCUT2D eigenvalue weighted by molar-refractivity contribution is 0.0692. The van der Waals surface area contributed by atoms with Crippen molar-refractivity contribution in [1.29, 1.82) is 0 Å². The molecule has 3 nitrogen and oxygen atoms in total. The summed E-state index contributed by atoms with van der Waals surface area (Å²) < 4.78 is 0. The van der Waals surface area contributed by atoms with E-state index in [4.69, 9.17) is 5.11 Å². The van der Waals surface area contributed by atoms with Crippen molar-refractivity contribution >= 4 is 27.7 Å². The van der Waals surface area contributed by atoms with Crippen LogP contribution in [0.15, 0.2) is 18.2 Å². The number of hydrogen-bond acceptors (Lipinski definition) is 2. The quantitative estimate of drug-likeness (QED) is 0.679. The van der Waals surface area contributed by atoms with Gasteiger partial charge < -0.3 is 5.11 Å². The normalized spacial score (nSPS) is 12.2. The minimum absolute atomic E-state index is 0.0614. The molecule has 1 rings (SSSR count). The summed E-state index contributed by atoms with van der Waals surface area (Å²) in [6.45, 7) is 3.41. The summed E-state index contributed by atoms with van der Waals surface area (Å²) in [5, 5.41) is 8.95. The van der Waals surface area contributed by atoms with E-state index in [2.05, 4.69) is 15.9 Å². The zero-order valence-electron chi connectivity index (χ0n) is 8.45. The van der Waals surface area contributed by atoms with Gasteiger partial charge in [0.2, 0.25) is 0 Å². The maximum absolute atomic E-state index is 11.8. The lowest BCUT2D eigenvalue weighted by Crippen LogP contribution is -2.16. The highest BCUT2D eigenvalue weighted by atomic mass is 79.9. The van der Waals surface area contributed by atoms with Crippen molar-refractivity contribution in [2.75, 3.05) is 0 Å². The van der Waals surface area contributed by atoms with Crippen molar-refractivity contribution in [1.82, 2.24) is 0 Å². The number of aromatic carboxylic acids is 1. The number of rotatable bonds is 3. The Labute approximate surface area is 96.2 Å². The van der Waals surface area contributed by atoms with Crippen molar-refractivity contribution in [2.45, 2.75) is 18.7 Å². The summed E-state index contributed by atoms with van der Waals surface area (Å²) in [6, 6.07) is 4.81. The summed E-state index contributed by atoms with van der Waals surface area (Å²) in [5.41, 5.74) is 1.03. The number of benzene rings is 1. The van der Waals surface area contributed by atoms with Crippen LogP contribution >= 0.6 is 15.9 Å². The van der Waals surface area contributed by atoms with Crippen molar-refractivity contribution in [3.63, 3.8) is 0 Å². The lowest BCUT2D eigenvalue weighted by Gasteiger charge is -2.09. The zero-order valence-corrected chi connectivity index (χ0v) is 10.0. The second-order valence-electron chi connectivity index (χ2n) is 3.28. The predicted octanol–water partition coefficient (Wildman–Crippen LogP) is 2.66. The van der Waals surface area contributed by atoms with Gasteiger partial charge >= 0.3 is 5.97 Å². The fourth-order valence-electron chi connectivity index (χ4n) is 1.37. The van der Waals surface area contributed by atoms with Gasteiger partial charge in [-0.2, -0.15) is 0 Å². The van der Waals surface area contributed by atoms with Gasteiger partial charge in [-0.15, -0.1) is 0 Å². The van der Waals surface area contributed by atoms with Crippen molar-refractivity contribution in [3.8, 4) is 0 Å². The van der Waals surface area contributed by atoms with Gasteiger partial charge in [-0.1, -0.05) is 28.1 Å². The second-order valence-corrected chi connectivity index (χ2v) is 4.66. The number of carboxylic acid groups (broad SMARTS) is 1. The molecule has 0 heterocycles. The van der Waals surface area contributed by atoms with Gasteiger partial charge in [-0.05, 0) is 25.5 Å². The van der Waals surface area contributed by atoms with E-state index in [1.807, 2.05) is 0 Å². The summed E-state index contributed by atoms with van der Waals surface area (Å²) in [5.74, 6) is -1.28. The monoisotopic (exact) mass is 270 g/mol. The molecule has 1 unspecified atom stereocenters. The summed E-state index contributed by atoms with van der Waals surface area (Å²) in [7, 11) is 0. The van der Waals surface area contributed by atoms with E-state index in [9.17, 15) is 9.59 Å². The Morgan fingerprint density at radius 3 is 2.47 bits per heavy atom. The van der Waals surface area contributed by atoms with Crippen LogP contribution in [0, 0.1) is 6.92 Å². The van der Waals surface area contributed by atoms with E-state index < -0.39 is 5.97 Å². The summed E-state index contributed by atoms with van der Waals surface area (Å²) in [6.07, 6.45) is 0. The predicted molar refractivity (Wildman–Crippen MR) is 60.9 cm³/mol. The molecule has 0 aromatic heterocycles. The molecule has 0 fully saturated rings. The zero-order chi connectivity index (χ0) is 11.6. The van der Waals surface area contributed by atoms with Gasteiger partial charge in [-0.25, -0.2) is 4.79 Å². The van der Waals surface area contributed by atoms with Gasteiger partial charge in [0.05, 0.1) is 10.4 Å². The van der Waals surface area contributed by atoms with E-state index in [1.54, 1.807) is 26.0 Å². The van der Waals surface area contributed by atoms with Gasteiger partial charge in [0.25, 0.3) is 0 Å². The highest BCUT2D eigenvalue weighted by Crippen LogP contribution is 2.19. The van der Waals surface area contributed by atoms with Crippen LogP contribution in [-0.2, 0) is 0 Å². The molecule has 0 saturated heterocycles. The molecule has 0 spiro atoms. The molecule has 0 aliphatic carbocycles. The highest BCUT2D eigenvalue weighted by molar-refractivity contribution is 9.10. The van der Waals surface area contributed by atoms with E-state index in [1.165, 1.54) is 6.07 Å². The number of carbonyl (C=O) groups is 2. The molecule has 0 aliphatic heterocycles. The molecule has 1 atom stereocenters. The van der Waals surface area contributed by atoms with Crippen LogP contribution in [0.4, 0.5) is 0 Å². The third kappa shape index (κ3) is 2.45. The fourth-order valence-corrected chi connectivity index (χ4v) is 1.60. The first kappa shape index (κ1) is 11.9. The van der Waals surface area contributed by atoms with E-state index in [0.29, 0.717) is 5.56 Å². The Balaban J connectivity index is 3.37. The average molecular weight is 271 g/mol. The molecule has 0 amide bonds. The minimum Gasteiger partial charge on any atom is -0.478 e. The third-order valence-electron chi connectivity index (χ3n) is 2.11. The molecule has 1 N–H and O–H groups in total. The average Bonchev–Trinajstić information content (AvgIpc) is 2.16. The van der Waals surface area contributed by atoms with Crippen LogP contribution in [0.2, 0.25) is 0 Å². The standard InChI is InChI=1S/C11H11BrO3/c1-6-4-3-5-8(11(14)15)9(6)10(13)7(2)12/h3-5,7H,1-2H3,(H,14,15). The largest absolute Gasteiger partial charge is 0.478 e. The molecule has 4 heteroatoms. The van der Waals surface area contributed by atoms with Crippen LogP contribution in [-0.4, -0.2) is 21.7 Å². The highest BCUT2D eigenvalue weighted by Gasteiger charge is 2.21. The first-order chi connectivity index (χ1) is 6.95. The Kier molecular flexibility index (Phi) is 3.63. The molecular weight excluding hydrogens is 260 g/mol. The summed E-state index contributed by atoms with van der Waals surface area (Å²) in [4.78, 5) is 22.3. The van der Waals surface area contributed by atoms with E-state index >= 15 is 0 Å². The number of carboxylic acids is 1. The molecule has 0 bridgehead atoms. The van der Waals surface area contributed by atoms with Crippen LogP contribution in [0.25, 0.3) is 0 Å². The molecule has 15 heavy (non-hydrogen) atoms. The number of Topliss-reactive ketones (excluding diaryl/α,β-unsaturated/α-hetero) is 1. The van der Waals surface area contributed by atoms with E-state index in [-0.39, 0.29) is 21.7 Å². The van der Waals surface area contributed by atoms with Gasteiger partial charge in [0.15, 0.2) is 5.78 Å². The van der Waals surface area contributed by atoms with E-state index in [0.717, 1.165) is 0 Å². The Hall–Kier alpha value is -1.16. The number of halogens is 1. The van der Waals surface area contributed by atoms with Gasteiger partial charge in [-0.3, -0.25) is 4.79 Å². The number of hydrogen-bond donors (Lipinski definition) is 1. The Morgan fingerprint density at radius 2 is 2.00 bits per heavy atom. The maximum Gasteiger partial charge on any atom is 0.336 e. The van der Waals surface area contributed by atoms with Crippen LogP contribution < -0.4 is 0 Å². The molecule has 0 saturated carbocycles. The topological polar surface area (TPSA) is 54.4 Å². The first-order valence-electron chi connectivity index (χ1n) is 4.46. The smallest absolute Gasteiger partial charge is 0.336 e. The summed E-state index contributed by atoms with van der Waals surface area (Å²) >= 11 is 3.15. The maximum atomic E-state index is 11.8. The van der Waals surface area contributed by atoms with Crippen LogP contribution in [0.1, 0.15) is 33.2 Å². The fraction of sp³-hybridized carbons (Fsp3) is 0.273. The minimum atomic E-state index is -1.07. The molecule has 0 aliphatic rings. The number of ketones is 1. The molecule has 80 valence electrons. The van der Waals surface area contributed by atoms with Crippen LogP contribution in [0.5, 0.6) is 0 Å². The number of aryl methyl sites for hydroxylation is 1. The van der Waals surface area contributed by atoms with Crippen molar-refractivity contribution in [2.24, 2.45) is 0 Å². The SMILES string of the molecule is Cc1cccc(C(=O)O)c1C(=O)C(C)Br. The molecular formula is C11H11BrO3. The molecule has 1 aromatic carbocycles. The van der Waals surface area contributed by atoms with Crippen LogP contribution in [0.3, 0.4) is 0 Å². The Morgan fingerprint density at radius 1 is 1.40 bits per heavy atom. The molecule has 0 radical (unpaired) electrons.